The Kier molecular flexibility index (Phi) is 5.00. The summed E-state index contributed by atoms with van der Waals surface area (Å²) in [5.74, 6) is 1.43. The quantitative estimate of drug-likeness (QED) is 0.618. The molecular formula is C17H17N3O3S. The van der Waals surface area contributed by atoms with Gasteiger partial charge in [-0.15, -0.1) is 5.10 Å². The van der Waals surface area contributed by atoms with Gasteiger partial charge < -0.3 is 9.15 Å². The Bertz CT molecular complexity index is 754. The predicted octanol–water partition coefficient (Wildman–Crippen LogP) is 3.14. The molecule has 1 aliphatic heterocycles. The van der Waals surface area contributed by atoms with E-state index in [-0.39, 0.29) is 11.2 Å². The molecular weight excluding hydrogens is 326 g/mol. The van der Waals surface area contributed by atoms with Crippen LogP contribution in [0.1, 0.15) is 18.2 Å². The maximum Gasteiger partial charge on any atom is 0.242 e. The van der Waals surface area contributed by atoms with Crippen molar-refractivity contribution in [1.82, 2.24) is 4.90 Å². The monoisotopic (exact) mass is 343 g/mol. The molecule has 24 heavy (non-hydrogen) atoms. The first kappa shape index (κ1) is 16.3. The minimum atomic E-state index is -0.166. The number of benzene rings is 1. The molecule has 1 unspecified atom stereocenters. The van der Waals surface area contributed by atoms with Crippen LogP contribution in [0.5, 0.6) is 5.75 Å². The van der Waals surface area contributed by atoms with E-state index in [0.29, 0.717) is 17.5 Å². The molecule has 1 aromatic carbocycles. The second-order valence-electron chi connectivity index (χ2n) is 5.18. The molecule has 2 heterocycles. The lowest BCUT2D eigenvalue weighted by Gasteiger charge is -2.15. The summed E-state index contributed by atoms with van der Waals surface area (Å²) in [4.78, 5) is 14.0. The Balaban J connectivity index is 1.75. The lowest BCUT2D eigenvalue weighted by atomic mass is 10.2. The lowest BCUT2D eigenvalue weighted by Crippen LogP contribution is -2.30. The van der Waals surface area contributed by atoms with E-state index in [0.717, 1.165) is 11.3 Å². The van der Waals surface area contributed by atoms with Gasteiger partial charge in [-0.1, -0.05) is 23.9 Å². The van der Waals surface area contributed by atoms with Crippen molar-refractivity contribution >= 4 is 29.1 Å². The maximum absolute atomic E-state index is 12.4. The standard InChI is InChI=1S/C17H17N3O3S/c1-12-16(21)20(11-13-5-7-14(22-2)8-6-13)17(24-12)19-18-10-15-4-3-9-23-15/h3-10,12H,11H2,1-2H3/b18-10+,19-17+. The van der Waals surface area contributed by atoms with Crippen LogP contribution in [0.2, 0.25) is 0 Å². The van der Waals surface area contributed by atoms with Gasteiger partial charge in [-0.3, -0.25) is 9.69 Å². The van der Waals surface area contributed by atoms with Crippen LogP contribution in [-0.4, -0.2) is 34.5 Å². The van der Waals surface area contributed by atoms with Gasteiger partial charge in [-0.05, 0) is 36.8 Å². The van der Waals surface area contributed by atoms with Gasteiger partial charge in [0.15, 0.2) is 5.17 Å². The number of hydrogen-bond acceptors (Lipinski definition) is 6. The van der Waals surface area contributed by atoms with Crippen molar-refractivity contribution in [1.29, 1.82) is 0 Å². The van der Waals surface area contributed by atoms with E-state index in [1.807, 2.05) is 31.2 Å². The van der Waals surface area contributed by atoms with Gasteiger partial charge in [-0.25, -0.2) is 0 Å². The predicted molar refractivity (Wildman–Crippen MR) is 94.3 cm³/mol. The van der Waals surface area contributed by atoms with Gasteiger partial charge in [0, 0.05) is 0 Å². The number of methoxy groups -OCH3 is 1. The van der Waals surface area contributed by atoms with E-state index in [2.05, 4.69) is 10.2 Å². The zero-order valence-electron chi connectivity index (χ0n) is 13.4. The summed E-state index contributed by atoms with van der Waals surface area (Å²) in [6, 6.07) is 11.2. The van der Waals surface area contributed by atoms with E-state index in [4.69, 9.17) is 9.15 Å². The fourth-order valence-corrected chi connectivity index (χ4v) is 3.14. The largest absolute Gasteiger partial charge is 0.497 e. The third-order valence-corrected chi connectivity index (χ3v) is 4.57. The van der Waals surface area contributed by atoms with Crippen LogP contribution in [0.15, 0.2) is 57.3 Å². The van der Waals surface area contributed by atoms with Crippen molar-refractivity contribution in [2.24, 2.45) is 10.2 Å². The summed E-state index contributed by atoms with van der Waals surface area (Å²) in [6.45, 7) is 2.32. The van der Waals surface area contributed by atoms with E-state index < -0.39 is 0 Å². The summed E-state index contributed by atoms with van der Waals surface area (Å²) in [5.41, 5.74) is 1.00. The number of hydrogen-bond donors (Lipinski definition) is 0. The first-order valence-corrected chi connectivity index (χ1v) is 8.31. The van der Waals surface area contributed by atoms with Gasteiger partial charge in [0.05, 0.1) is 31.4 Å². The molecule has 0 spiro atoms. The van der Waals surface area contributed by atoms with Crippen molar-refractivity contribution in [3.05, 3.63) is 54.0 Å². The second kappa shape index (κ2) is 7.35. The molecule has 0 aliphatic carbocycles. The van der Waals surface area contributed by atoms with Crippen molar-refractivity contribution in [2.75, 3.05) is 7.11 Å². The highest BCUT2D eigenvalue weighted by atomic mass is 32.2. The molecule has 6 nitrogen and oxygen atoms in total. The smallest absolute Gasteiger partial charge is 0.242 e. The zero-order valence-corrected chi connectivity index (χ0v) is 14.2. The van der Waals surface area contributed by atoms with Crippen LogP contribution < -0.4 is 4.74 Å². The molecule has 2 aromatic rings. The highest BCUT2D eigenvalue weighted by Crippen LogP contribution is 2.28. The molecule has 0 N–H and O–H groups in total. The highest BCUT2D eigenvalue weighted by molar-refractivity contribution is 8.15. The van der Waals surface area contributed by atoms with Gasteiger partial charge in [-0.2, -0.15) is 5.10 Å². The molecule has 7 heteroatoms. The minimum absolute atomic E-state index is 0.0303. The van der Waals surface area contributed by atoms with E-state index >= 15 is 0 Å². The first-order valence-electron chi connectivity index (χ1n) is 7.43. The average molecular weight is 343 g/mol. The van der Waals surface area contributed by atoms with E-state index in [1.165, 1.54) is 18.0 Å². The van der Waals surface area contributed by atoms with Crippen LogP contribution in [0, 0.1) is 0 Å². The van der Waals surface area contributed by atoms with E-state index in [9.17, 15) is 4.79 Å². The minimum Gasteiger partial charge on any atom is -0.497 e. The third-order valence-electron chi connectivity index (χ3n) is 3.50. The normalized spacial score (nSPS) is 19.6. The topological polar surface area (TPSA) is 67.4 Å². The summed E-state index contributed by atoms with van der Waals surface area (Å²) in [5, 5.41) is 8.62. The van der Waals surface area contributed by atoms with Crippen molar-refractivity contribution in [2.45, 2.75) is 18.7 Å². The number of amides is 1. The molecule has 0 bridgehead atoms. The van der Waals surface area contributed by atoms with Gasteiger partial charge in [0.25, 0.3) is 0 Å². The number of carbonyl (C=O) groups is 1. The lowest BCUT2D eigenvalue weighted by molar-refractivity contribution is -0.126. The van der Waals surface area contributed by atoms with Crippen LogP contribution >= 0.6 is 11.8 Å². The second-order valence-corrected chi connectivity index (χ2v) is 6.48. The number of rotatable bonds is 5. The van der Waals surface area contributed by atoms with Crippen LogP contribution in [-0.2, 0) is 11.3 Å². The average Bonchev–Trinajstić information content (AvgIpc) is 3.20. The third kappa shape index (κ3) is 3.68. The van der Waals surface area contributed by atoms with Gasteiger partial charge in [0.1, 0.15) is 11.5 Å². The molecule has 1 atom stereocenters. The Morgan fingerprint density at radius 1 is 1.33 bits per heavy atom. The summed E-state index contributed by atoms with van der Waals surface area (Å²) in [6.07, 6.45) is 3.09. The molecule has 1 fully saturated rings. The summed E-state index contributed by atoms with van der Waals surface area (Å²) < 4.78 is 10.3. The number of furan rings is 1. The zero-order chi connectivity index (χ0) is 16.9. The van der Waals surface area contributed by atoms with Crippen LogP contribution in [0.4, 0.5) is 0 Å². The Morgan fingerprint density at radius 2 is 2.12 bits per heavy atom. The van der Waals surface area contributed by atoms with Crippen LogP contribution in [0.3, 0.4) is 0 Å². The van der Waals surface area contributed by atoms with E-state index in [1.54, 1.807) is 30.4 Å². The molecule has 3 rings (SSSR count). The van der Waals surface area contributed by atoms with Gasteiger partial charge >= 0.3 is 0 Å². The number of carbonyl (C=O) groups excluding carboxylic acids is 1. The highest BCUT2D eigenvalue weighted by Gasteiger charge is 2.35. The summed E-state index contributed by atoms with van der Waals surface area (Å²) >= 11 is 1.40. The molecule has 1 amide bonds. The molecule has 1 aliphatic rings. The first-order chi connectivity index (χ1) is 11.7. The number of amidine groups is 1. The Hall–Kier alpha value is -2.54. The molecule has 1 aromatic heterocycles. The molecule has 0 radical (unpaired) electrons. The fourth-order valence-electron chi connectivity index (χ4n) is 2.22. The number of nitrogens with zero attached hydrogens (tertiary/aromatic N) is 3. The molecule has 1 saturated heterocycles. The SMILES string of the molecule is COc1ccc(CN2C(=O)C(C)S/C2=N/N=C/c2ccco2)cc1. The number of ether oxygens (including phenoxy) is 1. The summed E-state index contributed by atoms with van der Waals surface area (Å²) in [7, 11) is 1.62. The molecule has 0 saturated carbocycles. The number of thioether (sulfide) groups is 1. The maximum atomic E-state index is 12.4. The van der Waals surface area contributed by atoms with Crippen molar-refractivity contribution < 1.29 is 13.9 Å². The van der Waals surface area contributed by atoms with Crippen molar-refractivity contribution in [3.63, 3.8) is 0 Å². The van der Waals surface area contributed by atoms with Crippen molar-refractivity contribution in [3.8, 4) is 5.75 Å². The van der Waals surface area contributed by atoms with Gasteiger partial charge in [0.2, 0.25) is 5.91 Å². The Morgan fingerprint density at radius 3 is 2.79 bits per heavy atom. The molecule has 124 valence electrons. The Labute approximate surface area is 144 Å². The fraction of sp³-hybridized carbons (Fsp3) is 0.235. The van der Waals surface area contributed by atoms with Crippen LogP contribution in [0.25, 0.3) is 0 Å².